The van der Waals surface area contributed by atoms with Crippen molar-refractivity contribution in [2.24, 2.45) is 0 Å². The molecule has 0 bridgehead atoms. The SMILES string of the molecule is Fc1cccc(COCc2ccccn2)c1. The third-order valence-electron chi connectivity index (χ3n) is 2.13. The van der Waals surface area contributed by atoms with Gasteiger partial charge in [-0.1, -0.05) is 18.2 Å². The van der Waals surface area contributed by atoms with Crippen LogP contribution in [0.2, 0.25) is 0 Å². The highest BCUT2D eigenvalue weighted by Crippen LogP contribution is 2.06. The highest BCUT2D eigenvalue weighted by atomic mass is 19.1. The molecule has 2 aromatic rings. The van der Waals surface area contributed by atoms with Crippen LogP contribution in [-0.4, -0.2) is 4.98 Å². The lowest BCUT2D eigenvalue weighted by Crippen LogP contribution is -1.96. The third-order valence-corrected chi connectivity index (χ3v) is 2.13. The number of halogens is 1. The molecule has 82 valence electrons. The van der Waals surface area contributed by atoms with E-state index >= 15 is 0 Å². The van der Waals surface area contributed by atoms with Crippen LogP contribution in [0.5, 0.6) is 0 Å². The summed E-state index contributed by atoms with van der Waals surface area (Å²) in [6.07, 6.45) is 1.72. The monoisotopic (exact) mass is 217 g/mol. The van der Waals surface area contributed by atoms with Crippen molar-refractivity contribution in [3.63, 3.8) is 0 Å². The average Bonchev–Trinajstić information content (AvgIpc) is 2.30. The van der Waals surface area contributed by atoms with Crippen LogP contribution in [0.25, 0.3) is 0 Å². The molecule has 0 amide bonds. The summed E-state index contributed by atoms with van der Waals surface area (Å²) in [5.41, 5.74) is 1.70. The Labute approximate surface area is 93.7 Å². The van der Waals surface area contributed by atoms with Gasteiger partial charge in [-0.3, -0.25) is 4.98 Å². The van der Waals surface area contributed by atoms with Crippen LogP contribution in [0.4, 0.5) is 4.39 Å². The molecule has 1 heterocycles. The molecule has 0 saturated carbocycles. The van der Waals surface area contributed by atoms with Crippen molar-refractivity contribution in [2.75, 3.05) is 0 Å². The summed E-state index contributed by atoms with van der Waals surface area (Å²) in [6, 6.07) is 12.1. The Morgan fingerprint density at radius 3 is 2.75 bits per heavy atom. The standard InChI is InChI=1S/C13H12FNO/c14-12-5-3-4-11(8-12)9-16-10-13-6-1-2-7-15-13/h1-8H,9-10H2. The number of hydrogen-bond donors (Lipinski definition) is 0. The second-order valence-corrected chi connectivity index (χ2v) is 3.44. The maximum atomic E-state index is 12.8. The molecule has 0 fully saturated rings. The van der Waals surface area contributed by atoms with Gasteiger partial charge in [-0.2, -0.15) is 0 Å². The summed E-state index contributed by atoms with van der Waals surface area (Å²) >= 11 is 0. The van der Waals surface area contributed by atoms with Gasteiger partial charge in [-0.15, -0.1) is 0 Å². The number of nitrogens with zero attached hydrogens (tertiary/aromatic N) is 1. The Balaban J connectivity index is 1.85. The fraction of sp³-hybridized carbons (Fsp3) is 0.154. The zero-order valence-corrected chi connectivity index (χ0v) is 8.77. The van der Waals surface area contributed by atoms with Gasteiger partial charge in [0, 0.05) is 6.20 Å². The van der Waals surface area contributed by atoms with Crippen LogP contribution in [0.3, 0.4) is 0 Å². The van der Waals surface area contributed by atoms with Crippen molar-refractivity contribution in [3.8, 4) is 0 Å². The summed E-state index contributed by atoms with van der Waals surface area (Å²) in [6.45, 7) is 0.839. The Kier molecular flexibility index (Phi) is 3.62. The van der Waals surface area contributed by atoms with Crippen molar-refractivity contribution in [1.82, 2.24) is 4.98 Å². The first kappa shape index (κ1) is 10.8. The Morgan fingerprint density at radius 2 is 2.00 bits per heavy atom. The highest BCUT2D eigenvalue weighted by Gasteiger charge is 1.97. The molecular weight excluding hydrogens is 205 g/mol. The van der Waals surface area contributed by atoms with E-state index in [1.54, 1.807) is 12.3 Å². The van der Waals surface area contributed by atoms with E-state index in [9.17, 15) is 4.39 Å². The molecular formula is C13H12FNO. The summed E-state index contributed by atoms with van der Waals surface area (Å²) in [5, 5.41) is 0. The summed E-state index contributed by atoms with van der Waals surface area (Å²) in [7, 11) is 0. The molecule has 0 N–H and O–H groups in total. The minimum atomic E-state index is -0.237. The zero-order valence-electron chi connectivity index (χ0n) is 8.77. The van der Waals surface area contributed by atoms with Crippen molar-refractivity contribution < 1.29 is 9.13 Å². The molecule has 0 aliphatic rings. The predicted molar refractivity (Wildman–Crippen MR) is 59.1 cm³/mol. The second-order valence-electron chi connectivity index (χ2n) is 3.44. The molecule has 16 heavy (non-hydrogen) atoms. The fourth-order valence-corrected chi connectivity index (χ4v) is 1.38. The van der Waals surface area contributed by atoms with Gasteiger partial charge in [0.15, 0.2) is 0 Å². The Hall–Kier alpha value is -1.74. The molecule has 0 saturated heterocycles. The van der Waals surface area contributed by atoms with E-state index in [0.717, 1.165) is 11.3 Å². The largest absolute Gasteiger partial charge is 0.370 e. The molecule has 2 rings (SSSR count). The van der Waals surface area contributed by atoms with Crippen molar-refractivity contribution in [1.29, 1.82) is 0 Å². The van der Waals surface area contributed by atoms with Gasteiger partial charge in [0.25, 0.3) is 0 Å². The van der Waals surface area contributed by atoms with E-state index in [0.29, 0.717) is 13.2 Å². The summed E-state index contributed by atoms with van der Waals surface area (Å²) < 4.78 is 18.3. The molecule has 2 nitrogen and oxygen atoms in total. The number of ether oxygens (including phenoxy) is 1. The summed E-state index contributed by atoms with van der Waals surface area (Å²) in [5.74, 6) is -0.237. The first-order chi connectivity index (χ1) is 7.84. The van der Waals surface area contributed by atoms with Crippen LogP contribution >= 0.6 is 0 Å². The zero-order chi connectivity index (χ0) is 11.2. The molecule has 0 radical (unpaired) electrons. The molecule has 1 aromatic carbocycles. The third kappa shape index (κ3) is 3.14. The fourth-order valence-electron chi connectivity index (χ4n) is 1.38. The lowest BCUT2D eigenvalue weighted by Gasteiger charge is -2.03. The molecule has 0 spiro atoms. The first-order valence-corrected chi connectivity index (χ1v) is 5.07. The van der Waals surface area contributed by atoms with E-state index in [-0.39, 0.29) is 5.82 Å². The van der Waals surface area contributed by atoms with E-state index in [2.05, 4.69) is 4.98 Å². The minimum Gasteiger partial charge on any atom is -0.370 e. The lowest BCUT2D eigenvalue weighted by molar-refractivity contribution is 0.104. The van der Waals surface area contributed by atoms with Crippen molar-refractivity contribution >= 4 is 0 Å². The van der Waals surface area contributed by atoms with Crippen LogP contribution in [-0.2, 0) is 18.0 Å². The van der Waals surface area contributed by atoms with Gasteiger partial charge < -0.3 is 4.74 Å². The molecule has 0 unspecified atom stereocenters. The minimum absolute atomic E-state index is 0.237. The van der Waals surface area contributed by atoms with Crippen molar-refractivity contribution in [2.45, 2.75) is 13.2 Å². The second kappa shape index (κ2) is 5.37. The maximum absolute atomic E-state index is 12.8. The van der Waals surface area contributed by atoms with E-state index in [4.69, 9.17) is 4.74 Å². The highest BCUT2D eigenvalue weighted by molar-refractivity contribution is 5.15. The maximum Gasteiger partial charge on any atom is 0.123 e. The van der Waals surface area contributed by atoms with Gasteiger partial charge in [0.05, 0.1) is 18.9 Å². The molecule has 3 heteroatoms. The number of pyridine rings is 1. The number of aromatic nitrogens is 1. The quantitative estimate of drug-likeness (QED) is 0.785. The van der Waals surface area contributed by atoms with Crippen LogP contribution in [0.15, 0.2) is 48.7 Å². The van der Waals surface area contributed by atoms with Crippen LogP contribution in [0, 0.1) is 5.82 Å². The number of benzene rings is 1. The van der Waals surface area contributed by atoms with Gasteiger partial charge in [0.2, 0.25) is 0 Å². The van der Waals surface area contributed by atoms with Gasteiger partial charge >= 0.3 is 0 Å². The number of hydrogen-bond acceptors (Lipinski definition) is 2. The van der Waals surface area contributed by atoms with Crippen LogP contribution < -0.4 is 0 Å². The molecule has 0 aliphatic heterocycles. The van der Waals surface area contributed by atoms with Crippen molar-refractivity contribution in [3.05, 3.63) is 65.7 Å². The summed E-state index contributed by atoms with van der Waals surface area (Å²) in [4.78, 5) is 4.13. The number of rotatable bonds is 4. The molecule has 0 aliphatic carbocycles. The molecule has 1 aromatic heterocycles. The predicted octanol–water partition coefficient (Wildman–Crippen LogP) is 2.94. The Bertz CT molecular complexity index is 445. The van der Waals surface area contributed by atoms with Crippen LogP contribution in [0.1, 0.15) is 11.3 Å². The van der Waals surface area contributed by atoms with E-state index < -0.39 is 0 Å². The van der Waals surface area contributed by atoms with Gasteiger partial charge in [-0.05, 0) is 29.8 Å². The van der Waals surface area contributed by atoms with E-state index in [1.807, 2.05) is 24.3 Å². The van der Waals surface area contributed by atoms with E-state index in [1.165, 1.54) is 12.1 Å². The van der Waals surface area contributed by atoms with Gasteiger partial charge in [0.1, 0.15) is 5.82 Å². The first-order valence-electron chi connectivity index (χ1n) is 5.07. The smallest absolute Gasteiger partial charge is 0.123 e. The normalized spacial score (nSPS) is 10.3. The Morgan fingerprint density at radius 1 is 1.06 bits per heavy atom. The average molecular weight is 217 g/mol. The topological polar surface area (TPSA) is 22.1 Å². The molecule has 0 atom stereocenters. The lowest BCUT2D eigenvalue weighted by atomic mass is 10.2. The van der Waals surface area contributed by atoms with Gasteiger partial charge in [-0.25, -0.2) is 4.39 Å².